The van der Waals surface area contributed by atoms with Gasteiger partial charge < -0.3 is 9.80 Å². The zero-order chi connectivity index (χ0) is 17.2. The lowest BCUT2D eigenvalue weighted by atomic mass is 10.3. The van der Waals surface area contributed by atoms with Gasteiger partial charge in [-0.05, 0) is 23.7 Å². The Balaban J connectivity index is 1.44. The van der Waals surface area contributed by atoms with Crippen LogP contribution in [-0.4, -0.2) is 56.7 Å². The number of carbonyl (C=O) groups excluding carboxylic acids is 1. The summed E-state index contributed by atoms with van der Waals surface area (Å²) in [6.07, 6.45) is 1.81. The first kappa shape index (κ1) is 16.4. The number of piperazine rings is 1. The number of carbonyl (C=O) groups is 1. The fourth-order valence-electron chi connectivity index (χ4n) is 2.81. The van der Waals surface area contributed by atoms with Crippen molar-refractivity contribution in [3.63, 3.8) is 0 Å². The highest BCUT2D eigenvalue weighted by Gasteiger charge is 2.23. The molecule has 10 heteroatoms. The van der Waals surface area contributed by atoms with Crippen molar-refractivity contribution in [1.29, 1.82) is 0 Å². The van der Waals surface area contributed by atoms with Crippen LogP contribution in [0.4, 0.5) is 5.13 Å². The second-order valence-electron chi connectivity index (χ2n) is 5.60. The van der Waals surface area contributed by atoms with E-state index in [9.17, 15) is 4.79 Å². The monoisotopic (exact) mass is 392 g/mol. The third-order valence-corrected chi connectivity index (χ3v) is 6.13. The number of hydrogen-bond acceptors (Lipinski definition) is 7. The number of H-pyrrole nitrogens is 1. The van der Waals surface area contributed by atoms with Crippen LogP contribution in [0.15, 0.2) is 29.1 Å². The van der Waals surface area contributed by atoms with Gasteiger partial charge in [0.15, 0.2) is 15.7 Å². The molecule has 0 unspecified atom stereocenters. The number of thiazole rings is 1. The summed E-state index contributed by atoms with van der Waals surface area (Å²) in [6.45, 7) is 3.19. The Morgan fingerprint density at radius 2 is 2.08 bits per heavy atom. The van der Waals surface area contributed by atoms with Gasteiger partial charge in [-0.1, -0.05) is 6.07 Å². The van der Waals surface area contributed by atoms with Gasteiger partial charge in [0.05, 0.1) is 4.88 Å². The predicted octanol–water partition coefficient (Wildman–Crippen LogP) is 2.47. The van der Waals surface area contributed by atoms with E-state index in [1.165, 1.54) is 0 Å². The lowest BCUT2D eigenvalue weighted by Crippen LogP contribution is -2.49. The van der Waals surface area contributed by atoms with Crippen LogP contribution in [0.25, 0.3) is 10.7 Å². The van der Waals surface area contributed by atoms with Gasteiger partial charge in [-0.2, -0.15) is 5.10 Å². The molecule has 1 fully saturated rings. The van der Waals surface area contributed by atoms with Gasteiger partial charge >= 0.3 is 0 Å². The Hall–Kier alpha value is -2.04. The van der Waals surface area contributed by atoms with E-state index in [-0.39, 0.29) is 12.5 Å². The van der Waals surface area contributed by atoms with E-state index < -0.39 is 0 Å². The predicted molar refractivity (Wildman–Crippen MR) is 102 cm³/mol. The average molecular weight is 393 g/mol. The summed E-state index contributed by atoms with van der Waals surface area (Å²) in [4.78, 5) is 22.2. The number of aromatic nitrogens is 4. The van der Waals surface area contributed by atoms with Crippen LogP contribution in [0.5, 0.6) is 0 Å². The summed E-state index contributed by atoms with van der Waals surface area (Å²) in [6, 6.07) is 3.94. The maximum absolute atomic E-state index is 12.7. The second-order valence-corrected chi connectivity index (χ2v) is 7.81. The van der Waals surface area contributed by atoms with Crippen molar-refractivity contribution in [3.8, 4) is 10.7 Å². The van der Waals surface area contributed by atoms with Crippen LogP contribution < -0.4 is 4.90 Å². The summed E-state index contributed by atoms with van der Waals surface area (Å²) < 4.78 is 2.25. The van der Waals surface area contributed by atoms with E-state index >= 15 is 0 Å². The Bertz CT molecular complexity index is 890. The quantitative estimate of drug-likeness (QED) is 0.691. The van der Waals surface area contributed by atoms with E-state index in [2.05, 4.69) is 20.1 Å². The molecule has 25 heavy (non-hydrogen) atoms. The molecule has 0 radical (unpaired) electrons. The van der Waals surface area contributed by atoms with Crippen LogP contribution in [-0.2, 0) is 11.3 Å². The lowest BCUT2D eigenvalue weighted by Gasteiger charge is -2.34. The number of amides is 1. The molecule has 1 N–H and O–H groups in total. The van der Waals surface area contributed by atoms with Crippen molar-refractivity contribution in [3.05, 3.63) is 33.9 Å². The van der Waals surface area contributed by atoms with E-state index in [0.29, 0.717) is 17.9 Å². The molecule has 0 bridgehead atoms. The molecular weight excluding hydrogens is 376 g/mol. The SMILES string of the molecule is O=C(Cn1c(-c2cccs2)n[nH]c1=S)N1CCN(c2nccs2)CC1. The third kappa shape index (κ3) is 3.37. The highest BCUT2D eigenvalue weighted by molar-refractivity contribution is 7.71. The number of anilines is 1. The minimum absolute atomic E-state index is 0.0640. The van der Waals surface area contributed by atoms with Crippen molar-refractivity contribution in [2.45, 2.75) is 6.54 Å². The highest BCUT2D eigenvalue weighted by atomic mass is 32.1. The Labute approximate surface area is 157 Å². The number of thiophene rings is 1. The first-order valence-corrected chi connectivity index (χ1v) is 10.0. The van der Waals surface area contributed by atoms with Gasteiger partial charge in [0.1, 0.15) is 6.54 Å². The standard InChI is InChI=1S/C15H16N6OS3/c22-12(19-4-6-20(7-5-19)15-16-3-9-25-15)10-21-13(17-18-14(21)23)11-2-1-8-24-11/h1-3,8-9H,4-7,10H2,(H,18,23). The lowest BCUT2D eigenvalue weighted by molar-refractivity contribution is -0.132. The van der Waals surface area contributed by atoms with Crippen molar-refractivity contribution in [1.82, 2.24) is 24.6 Å². The summed E-state index contributed by atoms with van der Waals surface area (Å²) in [5, 5.41) is 12.0. The molecule has 1 amide bonds. The normalized spacial score (nSPS) is 14.9. The zero-order valence-corrected chi connectivity index (χ0v) is 15.7. The van der Waals surface area contributed by atoms with Gasteiger partial charge in [-0.25, -0.2) is 4.98 Å². The van der Waals surface area contributed by atoms with Gasteiger partial charge in [0, 0.05) is 37.8 Å². The van der Waals surface area contributed by atoms with Gasteiger partial charge in [0.25, 0.3) is 0 Å². The third-order valence-electron chi connectivity index (χ3n) is 4.12. The van der Waals surface area contributed by atoms with Crippen LogP contribution in [0.2, 0.25) is 0 Å². The number of nitrogens with one attached hydrogen (secondary N) is 1. The maximum atomic E-state index is 12.7. The minimum Gasteiger partial charge on any atom is -0.345 e. The fourth-order valence-corrected chi connectivity index (χ4v) is 4.43. The first-order valence-electron chi connectivity index (χ1n) is 7.83. The minimum atomic E-state index is 0.0640. The second kappa shape index (κ2) is 7.06. The Kier molecular flexibility index (Phi) is 4.64. The number of hydrogen-bond donors (Lipinski definition) is 1. The van der Waals surface area contributed by atoms with Gasteiger partial charge in [0.2, 0.25) is 5.91 Å². The van der Waals surface area contributed by atoms with Gasteiger partial charge in [-0.15, -0.1) is 22.7 Å². The summed E-state index contributed by atoms with van der Waals surface area (Å²) >= 11 is 8.51. The first-order chi connectivity index (χ1) is 12.2. The van der Waals surface area contributed by atoms with E-state index in [1.54, 1.807) is 27.2 Å². The van der Waals surface area contributed by atoms with Crippen molar-refractivity contribution >= 4 is 45.9 Å². The van der Waals surface area contributed by atoms with Crippen LogP contribution >= 0.6 is 34.9 Å². The van der Waals surface area contributed by atoms with Crippen LogP contribution in [0.3, 0.4) is 0 Å². The molecule has 1 aliphatic heterocycles. The summed E-state index contributed by atoms with van der Waals surface area (Å²) in [5.41, 5.74) is 0. The van der Waals surface area contributed by atoms with Crippen molar-refractivity contribution in [2.24, 2.45) is 0 Å². The number of nitrogens with zero attached hydrogens (tertiary/aromatic N) is 5. The molecule has 3 aromatic heterocycles. The van der Waals surface area contributed by atoms with E-state index in [1.807, 2.05) is 34.0 Å². The molecule has 0 atom stereocenters. The molecule has 0 saturated carbocycles. The van der Waals surface area contributed by atoms with Gasteiger partial charge in [-0.3, -0.25) is 14.5 Å². The molecule has 130 valence electrons. The van der Waals surface area contributed by atoms with Crippen LogP contribution in [0.1, 0.15) is 0 Å². The molecule has 0 spiro atoms. The van der Waals surface area contributed by atoms with Crippen molar-refractivity contribution in [2.75, 3.05) is 31.1 Å². The summed E-state index contributed by atoms with van der Waals surface area (Å²) in [5.74, 6) is 0.781. The molecule has 3 aromatic rings. The largest absolute Gasteiger partial charge is 0.345 e. The van der Waals surface area contributed by atoms with Crippen LogP contribution in [0, 0.1) is 4.77 Å². The Morgan fingerprint density at radius 1 is 1.24 bits per heavy atom. The molecule has 0 aliphatic carbocycles. The molecule has 4 rings (SSSR count). The highest BCUT2D eigenvalue weighted by Crippen LogP contribution is 2.23. The molecule has 4 heterocycles. The van der Waals surface area contributed by atoms with E-state index in [4.69, 9.17) is 12.2 Å². The maximum Gasteiger partial charge on any atom is 0.242 e. The number of rotatable bonds is 4. The molecule has 1 saturated heterocycles. The summed E-state index contributed by atoms with van der Waals surface area (Å²) in [7, 11) is 0. The van der Waals surface area contributed by atoms with E-state index in [0.717, 1.165) is 28.9 Å². The molecule has 7 nitrogen and oxygen atoms in total. The molecule has 0 aromatic carbocycles. The molecular formula is C15H16N6OS3. The topological polar surface area (TPSA) is 70.1 Å². The van der Waals surface area contributed by atoms with Crippen molar-refractivity contribution < 1.29 is 4.79 Å². The zero-order valence-electron chi connectivity index (χ0n) is 13.3. The molecule has 1 aliphatic rings. The number of aromatic amines is 1. The average Bonchev–Trinajstić information content (AvgIpc) is 3.38. The Morgan fingerprint density at radius 3 is 2.76 bits per heavy atom. The fraction of sp³-hybridized carbons (Fsp3) is 0.333. The smallest absolute Gasteiger partial charge is 0.242 e.